The first-order valence-electron chi connectivity index (χ1n) is 9.81. The number of hydrogen-bond donors (Lipinski definition) is 3. The van der Waals surface area contributed by atoms with Crippen LogP contribution >= 0.6 is 24.0 Å². The highest BCUT2D eigenvalue weighted by molar-refractivity contribution is 14.0. The van der Waals surface area contributed by atoms with Crippen molar-refractivity contribution in [1.82, 2.24) is 15.5 Å². The fourth-order valence-electron chi connectivity index (χ4n) is 4.13. The van der Waals surface area contributed by atoms with Crippen molar-refractivity contribution in [1.29, 1.82) is 0 Å². The van der Waals surface area contributed by atoms with E-state index in [9.17, 15) is 18.3 Å². The van der Waals surface area contributed by atoms with Crippen molar-refractivity contribution in [3.8, 4) is 0 Å². The molecule has 0 spiro atoms. The highest BCUT2D eigenvalue weighted by atomic mass is 127. The van der Waals surface area contributed by atoms with Crippen molar-refractivity contribution < 1.29 is 18.3 Å². The van der Waals surface area contributed by atoms with E-state index in [1.165, 1.54) is 24.2 Å². The van der Waals surface area contributed by atoms with E-state index in [4.69, 9.17) is 4.99 Å². The molecule has 0 aromatic rings. The topological polar surface area (TPSA) is 59.9 Å². The predicted molar refractivity (Wildman–Crippen MR) is 113 cm³/mol. The Morgan fingerprint density at radius 2 is 1.96 bits per heavy atom. The lowest BCUT2D eigenvalue weighted by Gasteiger charge is -2.36. The summed E-state index contributed by atoms with van der Waals surface area (Å²) in [7, 11) is 0. The SMILES string of the molecule is CCNC(=NCC1(CCO)CCCCC1)NC1CCN(CC(F)(F)F)C1.I. The van der Waals surface area contributed by atoms with Gasteiger partial charge in [-0.25, -0.2) is 0 Å². The Labute approximate surface area is 177 Å². The van der Waals surface area contributed by atoms with Crippen LogP contribution in [0.3, 0.4) is 0 Å². The second-order valence-corrected chi connectivity index (χ2v) is 7.71. The minimum Gasteiger partial charge on any atom is -0.396 e. The van der Waals surface area contributed by atoms with Crippen LogP contribution in [0, 0.1) is 5.41 Å². The van der Waals surface area contributed by atoms with Gasteiger partial charge >= 0.3 is 6.18 Å². The van der Waals surface area contributed by atoms with Crippen LogP contribution in [0.5, 0.6) is 0 Å². The summed E-state index contributed by atoms with van der Waals surface area (Å²) in [6, 6.07) is -0.0182. The summed E-state index contributed by atoms with van der Waals surface area (Å²) in [5.74, 6) is 0.675. The highest BCUT2D eigenvalue weighted by Gasteiger charge is 2.35. The number of nitrogens with zero attached hydrogens (tertiary/aromatic N) is 2. The van der Waals surface area contributed by atoms with Crippen LogP contribution in [0.25, 0.3) is 0 Å². The quantitative estimate of drug-likeness (QED) is 0.282. The van der Waals surface area contributed by atoms with E-state index in [0.29, 0.717) is 38.6 Å². The molecule has 1 aliphatic heterocycles. The monoisotopic (exact) mass is 506 g/mol. The Bertz CT molecular complexity index is 451. The van der Waals surface area contributed by atoms with Gasteiger partial charge in [0.1, 0.15) is 0 Å². The molecule has 9 heteroatoms. The van der Waals surface area contributed by atoms with Gasteiger partial charge in [0.05, 0.1) is 6.54 Å². The number of nitrogens with one attached hydrogen (secondary N) is 2. The Hall–Kier alpha value is -0.290. The normalized spacial score (nSPS) is 23.7. The molecular weight excluding hydrogens is 472 g/mol. The van der Waals surface area contributed by atoms with Gasteiger partial charge in [0.15, 0.2) is 5.96 Å². The molecule has 0 radical (unpaired) electrons. The van der Waals surface area contributed by atoms with Gasteiger partial charge in [-0.1, -0.05) is 19.3 Å². The Kier molecular flexibility index (Phi) is 10.7. The standard InChI is InChI=1S/C18H33F3N4O.HI/c1-2-22-16(23-13-17(9-11-26)7-4-3-5-8-17)24-15-6-10-25(12-15)14-18(19,20)21;/h15,26H,2-14H2,1H3,(H2,22,23,24);1H. The molecule has 1 heterocycles. The van der Waals surface area contributed by atoms with Crippen molar-refractivity contribution in [2.75, 3.05) is 39.3 Å². The third-order valence-corrected chi connectivity index (χ3v) is 5.49. The van der Waals surface area contributed by atoms with Gasteiger partial charge in [0.25, 0.3) is 0 Å². The third-order valence-electron chi connectivity index (χ3n) is 5.49. The molecule has 0 aromatic carbocycles. The molecule has 5 nitrogen and oxygen atoms in total. The maximum Gasteiger partial charge on any atom is 0.401 e. The number of aliphatic hydroxyl groups is 1. The molecule has 27 heavy (non-hydrogen) atoms. The minimum atomic E-state index is -4.15. The predicted octanol–water partition coefficient (Wildman–Crippen LogP) is 3.13. The number of likely N-dealkylation sites (tertiary alicyclic amines) is 1. The lowest BCUT2D eigenvalue weighted by molar-refractivity contribution is -0.143. The number of alkyl halides is 3. The molecule has 160 valence electrons. The first-order chi connectivity index (χ1) is 12.4. The second kappa shape index (κ2) is 11.6. The molecule has 0 aromatic heterocycles. The van der Waals surface area contributed by atoms with Crippen molar-refractivity contribution >= 4 is 29.9 Å². The molecule has 1 saturated carbocycles. The van der Waals surface area contributed by atoms with Gasteiger partial charge in [-0.2, -0.15) is 13.2 Å². The van der Waals surface area contributed by atoms with E-state index < -0.39 is 12.7 Å². The molecule has 1 aliphatic carbocycles. The summed E-state index contributed by atoms with van der Waals surface area (Å²) < 4.78 is 37.6. The summed E-state index contributed by atoms with van der Waals surface area (Å²) in [6.07, 6.45) is 3.06. The number of guanidine groups is 1. The Morgan fingerprint density at radius 3 is 2.56 bits per heavy atom. The summed E-state index contributed by atoms with van der Waals surface area (Å²) in [6.45, 7) is 3.50. The molecule has 3 N–H and O–H groups in total. The molecule has 0 amide bonds. The third kappa shape index (κ3) is 8.72. The first-order valence-corrected chi connectivity index (χ1v) is 9.81. The molecule has 2 aliphatic rings. The number of hydrogen-bond acceptors (Lipinski definition) is 3. The zero-order chi connectivity index (χ0) is 19.0. The van der Waals surface area contributed by atoms with E-state index in [-0.39, 0.29) is 42.0 Å². The van der Waals surface area contributed by atoms with Crippen LogP contribution < -0.4 is 10.6 Å². The molecule has 1 unspecified atom stereocenters. The molecule has 2 rings (SSSR count). The van der Waals surface area contributed by atoms with Gasteiger partial charge in [0, 0.05) is 38.8 Å². The first kappa shape index (κ1) is 24.7. The van der Waals surface area contributed by atoms with Crippen molar-refractivity contribution in [2.24, 2.45) is 10.4 Å². The summed E-state index contributed by atoms with van der Waals surface area (Å²) in [5, 5.41) is 15.9. The van der Waals surface area contributed by atoms with E-state index >= 15 is 0 Å². The largest absolute Gasteiger partial charge is 0.401 e. The van der Waals surface area contributed by atoms with Gasteiger partial charge < -0.3 is 15.7 Å². The van der Waals surface area contributed by atoms with E-state index in [1.54, 1.807) is 0 Å². The average Bonchev–Trinajstić information content (AvgIpc) is 2.99. The van der Waals surface area contributed by atoms with Crippen LogP contribution in [-0.4, -0.2) is 67.5 Å². The van der Waals surface area contributed by atoms with Crippen LogP contribution in [0.2, 0.25) is 0 Å². The maximum absolute atomic E-state index is 12.5. The fourth-order valence-corrected chi connectivity index (χ4v) is 4.13. The molecular formula is C18H34F3IN4O. The van der Waals surface area contributed by atoms with E-state index in [1.807, 2.05) is 6.92 Å². The van der Waals surface area contributed by atoms with Gasteiger partial charge in [-0.15, -0.1) is 24.0 Å². The van der Waals surface area contributed by atoms with Gasteiger partial charge in [0.2, 0.25) is 0 Å². The average molecular weight is 506 g/mol. The minimum absolute atomic E-state index is 0. The van der Waals surface area contributed by atoms with Gasteiger partial charge in [-0.05, 0) is 38.0 Å². The number of aliphatic hydroxyl groups excluding tert-OH is 1. The molecule has 2 fully saturated rings. The van der Waals surface area contributed by atoms with Crippen LogP contribution in [0.4, 0.5) is 13.2 Å². The van der Waals surface area contributed by atoms with Gasteiger partial charge in [-0.3, -0.25) is 9.89 Å². The molecule has 1 saturated heterocycles. The number of halogens is 4. The van der Waals surface area contributed by atoms with Crippen LogP contribution in [0.15, 0.2) is 4.99 Å². The Balaban J connectivity index is 0.00000364. The van der Waals surface area contributed by atoms with E-state index in [0.717, 1.165) is 19.3 Å². The maximum atomic E-state index is 12.5. The zero-order valence-corrected chi connectivity index (χ0v) is 18.5. The van der Waals surface area contributed by atoms with Crippen molar-refractivity contribution in [3.63, 3.8) is 0 Å². The second-order valence-electron chi connectivity index (χ2n) is 7.71. The molecule has 0 bridgehead atoms. The fraction of sp³-hybridized carbons (Fsp3) is 0.944. The number of rotatable bonds is 7. The van der Waals surface area contributed by atoms with Crippen LogP contribution in [-0.2, 0) is 0 Å². The van der Waals surface area contributed by atoms with E-state index in [2.05, 4.69) is 10.6 Å². The van der Waals surface area contributed by atoms with Crippen LogP contribution in [0.1, 0.15) is 51.9 Å². The summed E-state index contributed by atoms with van der Waals surface area (Å²) >= 11 is 0. The van der Waals surface area contributed by atoms with Crippen molar-refractivity contribution in [3.05, 3.63) is 0 Å². The zero-order valence-electron chi connectivity index (χ0n) is 16.2. The summed E-state index contributed by atoms with van der Waals surface area (Å²) in [4.78, 5) is 6.17. The smallest absolute Gasteiger partial charge is 0.396 e. The Morgan fingerprint density at radius 1 is 1.26 bits per heavy atom. The number of aliphatic imine (C=N–C) groups is 1. The highest BCUT2D eigenvalue weighted by Crippen LogP contribution is 2.39. The van der Waals surface area contributed by atoms with Crippen molar-refractivity contribution in [2.45, 2.75) is 64.1 Å². The lowest BCUT2D eigenvalue weighted by Crippen LogP contribution is -2.45. The summed E-state index contributed by atoms with van der Waals surface area (Å²) in [5.41, 5.74) is 0.0628. The molecule has 1 atom stereocenters. The lowest BCUT2D eigenvalue weighted by atomic mass is 9.72.